The Kier molecular flexibility index (Phi) is 24.1. The standard InChI is InChI=1S/C46H68ClN5O9S.ClH/c1-12-35(49)44(57)52(11)36(20-28(6)7)38(53)23-31(19-27(4)5)43(56)51(10)37(21-32-25-62-41-16-15-33(47)24-34(32)41)39(54)22-30(18-26(2)3)42(55)50(9)29(8)46(60)61-40(45(58)59)14-13-17-48;/h15-16,24-31,35-37,40H,12-14,18-23,49H2,1-11H3,(H,58,59);1H/t29-,30+,31+,35-,36-,37-,40+;/m0./s1. The van der Waals surface area contributed by atoms with Crippen LogP contribution in [0.3, 0.4) is 0 Å². The second kappa shape index (κ2) is 26.6. The van der Waals surface area contributed by atoms with Crippen LogP contribution in [-0.2, 0) is 44.7 Å². The van der Waals surface area contributed by atoms with Crippen molar-refractivity contribution in [1.29, 1.82) is 5.26 Å². The molecule has 0 spiro atoms. The van der Waals surface area contributed by atoms with E-state index in [-0.39, 0.29) is 80.4 Å². The molecule has 0 radical (unpaired) electrons. The Morgan fingerprint density at radius 1 is 0.810 bits per heavy atom. The molecule has 352 valence electrons. The smallest absolute Gasteiger partial charge is 0.345 e. The number of nitrogens with zero attached hydrogens (tertiary/aromatic N) is 4. The van der Waals surface area contributed by atoms with Crippen LogP contribution in [0.15, 0.2) is 23.6 Å². The number of rotatable bonds is 26. The summed E-state index contributed by atoms with van der Waals surface area (Å²) in [6.45, 7) is 14.8. The summed E-state index contributed by atoms with van der Waals surface area (Å²) in [7, 11) is 4.49. The Bertz CT molecular complexity index is 1930. The SMILES string of the molecule is CC[C@H](N)C(=O)N(C)[C@@H](CC(C)C)C(=O)C[C@@H](CC(C)C)C(=O)N(C)[C@@H](Cc1csc2ccc(Cl)cc12)C(=O)C[C@@H](CC(C)C)C(=O)N(C)[C@@H](C)C(=O)O[C@H](CCC#N)C(=O)O.Cl. The van der Waals surface area contributed by atoms with Crippen LogP contribution in [0.2, 0.25) is 5.02 Å². The van der Waals surface area contributed by atoms with Gasteiger partial charge < -0.3 is 30.3 Å². The van der Waals surface area contributed by atoms with Crippen LogP contribution in [0.4, 0.5) is 0 Å². The molecule has 3 amide bonds. The summed E-state index contributed by atoms with van der Waals surface area (Å²) in [5.41, 5.74) is 6.87. The molecular weight excluding hydrogens is 870 g/mol. The molecule has 0 fully saturated rings. The number of ether oxygens (including phenoxy) is 1. The Morgan fingerprint density at radius 2 is 1.32 bits per heavy atom. The van der Waals surface area contributed by atoms with Crippen LogP contribution in [0.25, 0.3) is 10.1 Å². The Labute approximate surface area is 388 Å². The predicted octanol–water partition coefficient (Wildman–Crippen LogP) is 7.35. The van der Waals surface area contributed by atoms with Crippen LogP contribution in [-0.4, -0.2) is 112 Å². The van der Waals surface area contributed by atoms with Crippen LogP contribution in [0.5, 0.6) is 0 Å². The van der Waals surface area contributed by atoms with Gasteiger partial charge in [0.15, 0.2) is 17.7 Å². The first-order chi connectivity index (χ1) is 28.9. The van der Waals surface area contributed by atoms with Crippen molar-refractivity contribution in [3.63, 3.8) is 0 Å². The summed E-state index contributed by atoms with van der Waals surface area (Å²) in [4.78, 5) is 100.0. The largest absolute Gasteiger partial charge is 0.479 e. The van der Waals surface area contributed by atoms with E-state index in [1.807, 2.05) is 59.1 Å². The van der Waals surface area contributed by atoms with Crippen molar-refractivity contribution in [2.45, 2.75) is 143 Å². The molecule has 0 unspecified atom stereocenters. The van der Waals surface area contributed by atoms with Gasteiger partial charge in [0.05, 0.1) is 24.2 Å². The third-order valence-corrected chi connectivity index (χ3v) is 12.5. The predicted molar refractivity (Wildman–Crippen MR) is 248 cm³/mol. The van der Waals surface area contributed by atoms with Gasteiger partial charge in [0.1, 0.15) is 6.04 Å². The molecule has 0 aliphatic carbocycles. The van der Waals surface area contributed by atoms with Gasteiger partial charge in [-0.2, -0.15) is 5.26 Å². The lowest BCUT2D eigenvalue weighted by Gasteiger charge is -2.34. The van der Waals surface area contributed by atoms with E-state index in [9.17, 15) is 38.7 Å². The molecule has 63 heavy (non-hydrogen) atoms. The highest BCUT2D eigenvalue weighted by atomic mass is 35.5. The number of carbonyl (C=O) groups excluding carboxylic acids is 6. The van der Waals surface area contributed by atoms with Gasteiger partial charge in [-0.3, -0.25) is 24.0 Å². The maximum absolute atomic E-state index is 14.8. The minimum atomic E-state index is -1.57. The number of ketones is 2. The molecule has 0 aliphatic heterocycles. The van der Waals surface area contributed by atoms with Crippen molar-refractivity contribution < 1.29 is 43.4 Å². The normalized spacial score (nSPS) is 14.7. The van der Waals surface area contributed by atoms with Gasteiger partial charge in [-0.1, -0.05) is 60.1 Å². The molecule has 2 aromatic rings. The van der Waals surface area contributed by atoms with E-state index < -0.39 is 71.6 Å². The zero-order valence-corrected chi connectivity index (χ0v) is 41.1. The number of nitriles is 1. The average Bonchev–Trinajstić information content (AvgIpc) is 3.61. The summed E-state index contributed by atoms with van der Waals surface area (Å²) in [5.74, 6) is -6.16. The summed E-state index contributed by atoms with van der Waals surface area (Å²) < 4.78 is 6.12. The first-order valence-electron chi connectivity index (χ1n) is 21.5. The lowest BCUT2D eigenvalue weighted by molar-refractivity contribution is -0.169. The monoisotopic (exact) mass is 937 g/mol. The van der Waals surface area contributed by atoms with Crippen LogP contribution < -0.4 is 5.73 Å². The maximum Gasteiger partial charge on any atom is 0.345 e. The number of aliphatic carboxylic acids is 1. The van der Waals surface area contributed by atoms with Gasteiger partial charge in [-0.25, -0.2) is 9.59 Å². The van der Waals surface area contributed by atoms with Gasteiger partial charge in [0, 0.05) is 74.8 Å². The summed E-state index contributed by atoms with van der Waals surface area (Å²) in [5, 5.41) is 21.7. The molecule has 1 aromatic heterocycles. The highest BCUT2D eigenvalue weighted by Gasteiger charge is 2.39. The molecule has 14 nitrogen and oxygen atoms in total. The number of hydrogen-bond donors (Lipinski definition) is 2. The number of carboxylic acid groups (broad SMARTS) is 1. The fourth-order valence-corrected chi connectivity index (χ4v) is 8.74. The molecule has 3 N–H and O–H groups in total. The number of likely N-dealkylation sites (N-methyl/N-ethyl adjacent to an activating group) is 3. The molecule has 1 heterocycles. The van der Waals surface area contributed by atoms with E-state index in [0.29, 0.717) is 24.3 Å². The fraction of sp³-hybridized carbons (Fsp3) is 0.652. The molecule has 2 rings (SSSR count). The number of halogens is 2. The van der Waals surface area contributed by atoms with E-state index in [0.717, 1.165) is 20.5 Å². The topological polar surface area (TPSA) is 208 Å². The quantitative estimate of drug-likeness (QED) is 0.0892. The zero-order valence-electron chi connectivity index (χ0n) is 38.7. The first kappa shape index (κ1) is 56.9. The third-order valence-electron chi connectivity index (χ3n) is 11.3. The van der Waals surface area contributed by atoms with Crippen molar-refractivity contribution in [1.82, 2.24) is 14.7 Å². The number of carboxylic acids is 1. The minimum absolute atomic E-state index is 0. The van der Waals surface area contributed by atoms with Crippen LogP contribution in [0, 0.1) is 40.9 Å². The Morgan fingerprint density at radius 3 is 1.81 bits per heavy atom. The third kappa shape index (κ3) is 16.8. The molecule has 7 atom stereocenters. The highest BCUT2D eigenvalue weighted by Crippen LogP contribution is 2.32. The number of Topliss-reactive ketones (excluding diaryl/α,β-unsaturated/α-hetero) is 2. The number of hydrogen-bond acceptors (Lipinski definition) is 11. The van der Waals surface area contributed by atoms with Crippen molar-refractivity contribution >= 4 is 86.7 Å². The number of carbonyl (C=O) groups is 7. The second-order valence-corrected chi connectivity index (χ2v) is 19.1. The van der Waals surface area contributed by atoms with E-state index in [1.54, 1.807) is 33.2 Å². The number of benzene rings is 1. The fourth-order valence-electron chi connectivity index (χ4n) is 7.61. The van der Waals surface area contributed by atoms with E-state index in [2.05, 4.69) is 0 Å². The second-order valence-electron chi connectivity index (χ2n) is 17.8. The van der Waals surface area contributed by atoms with E-state index in [1.165, 1.54) is 35.1 Å². The van der Waals surface area contributed by atoms with Gasteiger partial charge >= 0.3 is 11.9 Å². The van der Waals surface area contributed by atoms with Crippen molar-refractivity contribution in [2.24, 2.45) is 35.3 Å². The molecule has 1 aromatic carbocycles. The van der Waals surface area contributed by atoms with Gasteiger partial charge in [0.2, 0.25) is 17.7 Å². The molecule has 0 bridgehead atoms. The van der Waals surface area contributed by atoms with Crippen LogP contribution >= 0.6 is 35.3 Å². The molecule has 0 saturated carbocycles. The lowest BCUT2D eigenvalue weighted by Crippen LogP contribution is -2.51. The summed E-state index contributed by atoms with van der Waals surface area (Å²) in [6.07, 6.45) is -0.947. The first-order valence-corrected chi connectivity index (χ1v) is 22.8. The van der Waals surface area contributed by atoms with E-state index in [4.69, 9.17) is 27.3 Å². The minimum Gasteiger partial charge on any atom is -0.479 e. The number of amides is 3. The van der Waals surface area contributed by atoms with Gasteiger partial charge in [0.25, 0.3) is 0 Å². The number of nitrogens with two attached hydrogens (primary N) is 1. The highest BCUT2D eigenvalue weighted by molar-refractivity contribution is 7.17. The van der Waals surface area contributed by atoms with Crippen LogP contribution in [0.1, 0.15) is 112 Å². The van der Waals surface area contributed by atoms with Crippen molar-refractivity contribution in [3.05, 3.63) is 34.2 Å². The maximum atomic E-state index is 14.8. The van der Waals surface area contributed by atoms with E-state index >= 15 is 0 Å². The van der Waals surface area contributed by atoms with Crippen molar-refractivity contribution in [3.8, 4) is 6.07 Å². The molecule has 0 saturated heterocycles. The van der Waals surface area contributed by atoms with Gasteiger partial charge in [-0.15, -0.1) is 23.7 Å². The van der Waals surface area contributed by atoms with Gasteiger partial charge in [-0.05, 0) is 84.9 Å². The average molecular weight is 939 g/mol. The number of fused-ring (bicyclic) bond motifs is 1. The molecule has 17 heteroatoms. The Balaban J connectivity index is 0.0000198. The number of esters is 1. The lowest BCUT2D eigenvalue weighted by atomic mass is 9.85. The summed E-state index contributed by atoms with van der Waals surface area (Å²) in [6, 6.07) is 3.41. The molecule has 0 aliphatic rings. The summed E-state index contributed by atoms with van der Waals surface area (Å²) >= 11 is 7.88. The molecular formula is C46H69Cl2N5O9S. The Hall–Kier alpha value is -4.10. The number of thiophene rings is 1. The zero-order chi connectivity index (χ0) is 47.2. The van der Waals surface area contributed by atoms with Crippen molar-refractivity contribution in [2.75, 3.05) is 21.1 Å².